The molecule has 0 unspecified atom stereocenters. The van der Waals surface area contributed by atoms with E-state index < -0.39 is 0 Å². The quantitative estimate of drug-likeness (QED) is 0.680. The van der Waals surface area contributed by atoms with E-state index in [4.69, 9.17) is 11.6 Å². The third-order valence-electron chi connectivity index (χ3n) is 2.02. The van der Waals surface area contributed by atoms with E-state index in [2.05, 4.69) is 22.0 Å². The van der Waals surface area contributed by atoms with Crippen LogP contribution < -0.4 is 4.90 Å². The number of halogens is 1. The lowest BCUT2D eigenvalue weighted by molar-refractivity contribution is 0.719. The van der Waals surface area contributed by atoms with Gasteiger partial charge in [-0.05, 0) is 18.6 Å². The molecular weight excluding hydrogens is 198 g/mol. The second-order valence-electron chi connectivity index (χ2n) is 3.11. The molecule has 0 bridgehead atoms. The molecule has 0 aliphatic carbocycles. The fourth-order valence-corrected chi connectivity index (χ4v) is 1.46. The predicted octanol–water partition coefficient (Wildman–Crippen LogP) is 2.32. The maximum atomic E-state index is 5.74. The van der Waals surface area contributed by atoms with E-state index in [1.165, 1.54) is 6.42 Å². The number of unbranched alkanes of at least 4 members (excludes halogenated alkanes) is 1. The molecule has 0 aliphatic rings. The first-order chi connectivity index (χ1) is 6.88. The monoisotopic (exact) mass is 213 g/mol. The van der Waals surface area contributed by atoms with E-state index in [1.54, 1.807) is 6.20 Å². The molecule has 0 radical (unpaired) electrons. The van der Waals surface area contributed by atoms with Gasteiger partial charge in [0, 0.05) is 25.2 Å². The number of nitrogens with zero attached hydrogens (tertiary/aromatic N) is 3. The van der Waals surface area contributed by atoms with Crippen molar-refractivity contribution in [3.63, 3.8) is 0 Å². The van der Waals surface area contributed by atoms with Crippen molar-refractivity contribution in [3.05, 3.63) is 18.3 Å². The zero-order valence-corrected chi connectivity index (χ0v) is 9.24. The second-order valence-corrected chi connectivity index (χ2v) is 3.49. The van der Waals surface area contributed by atoms with Gasteiger partial charge in [0.15, 0.2) is 5.82 Å². The van der Waals surface area contributed by atoms with Crippen molar-refractivity contribution in [2.45, 2.75) is 19.8 Å². The van der Waals surface area contributed by atoms with Crippen LogP contribution in [0.25, 0.3) is 0 Å². The van der Waals surface area contributed by atoms with E-state index in [1.807, 2.05) is 12.1 Å². The van der Waals surface area contributed by atoms with Gasteiger partial charge in [-0.3, -0.25) is 0 Å². The minimum atomic E-state index is 0.625. The van der Waals surface area contributed by atoms with Crippen LogP contribution in [-0.2, 0) is 0 Å². The lowest BCUT2D eigenvalue weighted by Crippen LogP contribution is -2.27. The fraction of sp³-hybridized carbons (Fsp3) is 0.600. The highest BCUT2D eigenvalue weighted by Crippen LogP contribution is 2.09. The van der Waals surface area contributed by atoms with E-state index in [9.17, 15) is 0 Å². The third kappa shape index (κ3) is 3.50. The van der Waals surface area contributed by atoms with Crippen LogP contribution in [-0.4, -0.2) is 29.2 Å². The van der Waals surface area contributed by atoms with Crippen molar-refractivity contribution in [1.82, 2.24) is 10.2 Å². The van der Waals surface area contributed by atoms with E-state index in [-0.39, 0.29) is 0 Å². The molecule has 78 valence electrons. The number of hydrogen-bond donors (Lipinski definition) is 0. The first-order valence-corrected chi connectivity index (χ1v) is 5.50. The summed E-state index contributed by atoms with van der Waals surface area (Å²) in [6.07, 6.45) is 4.02. The van der Waals surface area contributed by atoms with Gasteiger partial charge in [0.25, 0.3) is 0 Å². The van der Waals surface area contributed by atoms with Crippen LogP contribution >= 0.6 is 11.6 Å². The number of rotatable bonds is 6. The Labute approximate surface area is 90.1 Å². The molecule has 0 atom stereocenters. The minimum absolute atomic E-state index is 0.625. The van der Waals surface area contributed by atoms with Crippen LogP contribution in [0.3, 0.4) is 0 Å². The van der Waals surface area contributed by atoms with Gasteiger partial charge >= 0.3 is 0 Å². The molecule has 1 aromatic rings. The van der Waals surface area contributed by atoms with Crippen LogP contribution in [0.2, 0.25) is 0 Å². The van der Waals surface area contributed by atoms with E-state index in [0.717, 1.165) is 25.3 Å². The summed E-state index contributed by atoms with van der Waals surface area (Å²) in [5.74, 6) is 1.54. The first kappa shape index (κ1) is 11.2. The summed E-state index contributed by atoms with van der Waals surface area (Å²) in [5, 5.41) is 7.93. The number of alkyl halides is 1. The van der Waals surface area contributed by atoms with Crippen LogP contribution in [0, 0.1) is 0 Å². The van der Waals surface area contributed by atoms with Gasteiger partial charge in [-0.15, -0.1) is 16.7 Å². The zero-order valence-electron chi connectivity index (χ0n) is 8.49. The van der Waals surface area contributed by atoms with Crippen molar-refractivity contribution in [2.24, 2.45) is 0 Å². The summed E-state index contributed by atoms with van der Waals surface area (Å²) in [7, 11) is 0. The highest BCUT2D eigenvalue weighted by Gasteiger charge is 2.05. The van der Waals surface area contributed by atoms with Crippen molar-refractivity contribution in [1.29, 1.82) is 0 Å². The largest absolute Gasteiger partial charge is 0.354 e. The van der Waals surface area contributed by atoms with Crippen molar-refractivity contribution < 1.29 is 0 Å². The molecule has 1 aromatic heterocycles. The van der Waals surface area contributed by atoms with Crippen molar-refractivity contribution in [2.75, 3.05) is 23.9 Å². The summed E-state index contributed by atoms with van der Waals surface area (Å²) < 4.78 is 0. The average molecular weight is 214 g/mol. The molecule has 1 heterocycles. The molecule has 0 amide bonds. The van der Waals surface area contributed by atoms with Gasteiger partial charge in [0.05, 0.1) is 0 Å². The van der Waals surface area contributed by atoms with Gasteiger partial charge < -0.3 is 4.90 Å². The maximum absolute atomic E-state index is 5.74. The maximum Gasteiger partial charge on any atom is 0.151 e. The summed E-state index contributed by atoms with van der Waals surface area (Å²) >= 11 is 5.74. The van der Waals surface area contributed by atoms with Gasteiger partial charge in [-0.25, -0.2) is 0 Å². The Bertz CT molecular complexity index is 240. The van der Waals surface area contributed by atoms with Crippen molar-refractivity contribution >= 4 is 17.4 Å². The van der Waals surface area contributed by atoms with Gasteiger partial charge in [0.1, 0.15) is 0 Å². The van der Waals surface area contributed by atoms with Gasteiger partial charge in [-0.1, -0.05) is 13.3 Å². The number of hydrogen-bond acceptors (Lipinski definition) is 3. The second kappa shape index (κ2) is 6.60. The molecule has 14 heavy (non-hydrogen) atoms. The molecular formula is C10H16ClN3. The fourth-order valence-electron chi connectivity index (χ4n) is 1.25. The van der Waals surface area contributed by atoms with Gasteiger partial charge in [-0.2, -0.15) is 5.10 Å². The van der Waals surface area contributed by atoms with Crippen LogP contribution in [0.1, 0.15) is 19.8 Å². The molecule has 0 aromatic carbocycles. The molecule has 3 nitrogen and oxygen atoms in total. The number of anilines is 1. The van der Waals surface area contributed by atoms with Crippen LogP contribution in [0.4, 0.5) is 5.82 Å². The Morgan fingerprint density at radius 3 is 2.86 bits per heavy atom. The lowest BCUT2D eigenvalue weighted by Gasteiger charge is -2.21. The minimum Gasteiger partial charge on any atom is -0.354 e. The molecule has 0 spiro atoms. The van der Waals surface area contributed by atoms with Crippen LogP contribution in [0.5, 0.6) is 0 Å². The highest BCUT2D eigenvalue weighted by molar-refractivity contribution is 6.18. The predicted molar refractivity (Wildman–Crippen MR) is 59.9 cm³/mol. The summed E-state index contributed by atoms with van der Waals surface area (Å²) in [6, 6.07) is 3.87. The Morgan fingerprint density at radius 2 is 2.29 bits per heavy atom. The normalized spacial score (nSPS) is 10.1. The summed E-state index contributed by atoms with van der Waals surface area (Å²) in [4.78, 5) is 2.17. The number of aromatic nitrogens is 2. The first-order valence-electron chi connectivity index (χ1n) is 4.97. The molecule has 0 N–H and O–H groups in total. The van der Waals surface area contributed by atoms with Crippen LogP contribution in [0.15, 0.2) is 18.3 Å². The van der Waals surface area contributed by atoms with Gasteiger partial charge in [0.2, 0.25) is 0 Å². The molecule has 0 fully saturated rings. The molecule has 4 heteroatoms. The average Bonchev–Trinajstić information content (AvgIpc) is 2.25. The highest BCUT2D eigenvalue weighted by atomic mass is 35.5. The van der Waals surface area contributed by atoms with E-state index in [0.29, 0.717) is 5.88 Å². The SMILES string of the molecule is CCCCN(CCCl)c1cccnn1. The molecule has 0 saturated heterocycles. The molecule has 1 rings (SSSR count). The topological polar surface area (TPSA) is 29.0 Å². The zero-order chi connectivity index (χ0) is 10.2. The Hall–Kier alpha value is -0.830. The van der Waals surface area contributed by atoms with E-state index >= 15 is 0 Å². The standard InChI is InChI=1S/C10H16ClN3/c1-2-3-8-14(9-6-11)10-5-4-7-12-13-10/h4-5,7H,2-3,6,8-9H2,1H3. The lowest BCUT2D eigenvalue weighted by atomic mass is 10.3. The third-order valence-corrected chi connectivity index (χ3v) is 2.19. The molecule has 0 aliphatic heterocycles. The van der Waals surface area contributed by atoms with Crippen molar-refractivity contribution in [3.8, 4) is 0 Å². The summed E-state index contributed by atoms with van der Waals surface area (Å²) in [5.41, 5.74) is 0. The Morgan fingerprint density at radius 1 is 1.43 bits per heavy atom. The smallest absolute Gasteiger partial charge is 0.151 e. The Balaban J connectivity index is 2.58. The summed E-state index contributed by atoms with van der Waals surface area (Å²) in [6.45, 7) is 4.01. The Kier molecular flexibility index (Phi) is 5.30. The molecule has 0 saturated carbocycles.